The van der Waals surface area contributed by atoms with Crippen LogP contribution >= 0.6 is 0 Å². The van der Waals surface area contributed by atoms with Gasteiger partial charge in [0.2, 0.25) is 0 Å². The van der Waals surface area contributed by atoms with E-state index in [9.17, 15) is 22.4 Å². The summed E-state index contributed by atoms with van der Waals surface area (Å²) < 4.78 is 57.1. The van der Waals surface area contributed by atoms with E-state index in [1.54, 1.807) is 18.5 Å². The highest BCUT2D eigenvalue weighted by atomic mass is 19.2. The predicted molar refractivity (Wildman–Crippen MR) is 109 cm³/mol. The summed E-state index contributed by atoms with van der Waals surface area (Å²) in [6.45, 7) is 2.98. The van der Waals surface area contributed by atoms with Gasteiger partial charge in [-0.05, 0) is 26.0 Å². The summed E-state index contributed by atoms with van der Waals surface area (Å²) in [6.07, 6.45) is 2.60. The van der Waals surface area contributed by atoms with Crippen molar-refractivity contribution in [2.75, 3.05) is 5.32 Å². The Kier molecular flexibility index (Phi) is 5.52. The van der Waals surface area contributed by atoms with Crippen molar-refractivity contribution >= 4 is 11.6 Å². The van der Waals surface area contributed by atoms with Crippen LogP contribution in [0.15, 0.2) is 48.8 Å². The molecule has 4 aromatic rings. The molecule has 1 N–H and O–H groups in total. The summed E-state index contributed by atoms with van der Waals surface area (Å²) >= 11 is 0. The summed E-state index contributed by atoms with van der Waals surface area (Å²) in [6, 6.07) is 9.59. The molecular weight excluding hydrogens is 426 g/mol. The van der Waals surface area contributed by atoms with Crippen LogP contribution in [0.1, 0.15) is 27.3 Å². The first-order valence-corrected chi connectivity index (χ1v) is 9.53. The molecule has 0 spiro atoms. The maximum atomic E-state index is 13.9. The molecule has 32 heavy (non-hydrogen) atoms. The molecule has 2 heterocycles. The fourth-order valence-electron chi connectivity index (χ4n) is 3.41. The van der Waals surface area contributed by atoms with Gasteiger partial charge in [-0.15, -0.1) is 0 Å². The number of anilines is 1. The summed E-state index contributed by atoms with van der Waals surface area (Å²) in [5.41, 5.74) is 1.90. The van der Waals surface area contributed by atoms with Crippen LogP contribution in [0, 0.1) is 37.1 Å². The largest absolute Gasteiger partial charge is 0.319 e. The third-order valence-corrected chi connectivity index (χ3v) is 4.94. The smallest absolute Gasteiger partial charge is 0.259 e. The number of aryl methyl sites for hydroxylation is 1. The Labute approximate surface area is 180 Å². The second-order valence-corrected chi connectivity index (χ2v) is 7.12. The fourth-order valence-corrected chi connectivity index (χ4v) is 3.41. The van der Waals surface area contributed by atoms with Crippen LogP contribution in [0.25, 0.3) is 5.69 Å². The monoisotopic (exact) mass is 443 g/mol. The van der Waals surface area contributed by atoms with E-state index in [1.807, 2.05) is 30.3 Å². The molecule has 1 amide bonds. The minimum Gasteiger partial charge on any atom is -0.319 e. The van der Waals surface area contributed by atoms with Gasteiger partial charge in [0.15, 0.2) is 17.5 Å². The van der Waals surface area contributed by atoms with Crippen LogP contribution in [-0.4, -0.2) is 25.5 Å². The molecule has 10 heteroatoms. The van der Waals surface area contributed by atoms with Gasteiger partial charge in [0.05, 0.1) is 41.1 Å². The number of amides is 1. The van der Waals surface area contributed by atoms with Crippen LogP contribution < -0.4 is 5.32 Å². The molecule has 164 valence electrons. The third-order valence-electron chi connectivity index (χ3n) is 4.94. The number of carbonyl (C=O) groups excluding carboxylic acids is 1. The Bertz CT molecular complexity index is 1310. The normalized spacial score (nSPS) is 11.1. The van der Waals surface area contributed by atoms with Gasteiger partial charge in [0.25, 0.3) is 5.91 Å². The van der Waals surface area contributed by atoms with Gasteiger partial charge in [0, 0.05) is 17.8 Å². The molecule has 0 aliphatic carbocycles. The lowest BCUT2D eigenvalue weighted by Gasteiger charge is -2.07. The van der Waals surface area contributed by atoms with Crippen LogP contribution in [0.2, 0.25) is 0 Å². The zero-order valence-electron chi connectivity index (χ0n) is 17.0. The maximum Gasteiger partial charge on any atom is 0.259 e. The van der Waals surface area contributed by atoms with Gasteiger partial charge in [-0.3, -0.25) is 9.48 Å². The Hall–Kier alpha value is -3.95. The van der Waals surface area contributed by atoms with Crippen molar-refractivity contribution in [3.63, 3.8) is 0 Å². The fraction of sp³-hybridized carbons (Fsp3) is 0.136. The minimum absolute atomic E-state index is 0.254. The topological polar surface area (TPSA) is 64.7 Å². The van der Waals surface area contributed by atoms with Crippen LogP contribution in [0.4, 0.5) is 23.2 Å². The lowest BCUT2D eigenvalue weighted by Crippen LogP contribution is -2.14. The number of nitrogens with one attached hydrogen (secondary N) is 1. The Morgan fingerprint density at radius 2 is 1.75 bits per heavy atom. The predicted octanol–water partition coefficient (Wildman–Crippen LogP) is 4.54. The van der Waals surface area contributed by atoms with Crippen molar-refractivity contribution in [1.82, 2.24) is 19.6 Å². The number of para-hydroxylation sites is 1. The summed E-state index contributed by atoms with van der Waals surface area (Å²) in [7, 11) is 0. The quantitative estimate of drug-likeness (QED) is 0.280. The average Bonchev–Trinajstić information content (AvgIpc) is 3.33. The Morgan fingerprint density at radius 3 is 2.47 bits per heavy atom. The van der Waals surface area contributed by atoms with Gasteiger partial charge in [-0.2, -0.15) is 10.2 Å². The van der Waals surface area contributed by atoms with Crippen molar-refractivity contribution in [1.29, 1.82) is 0 Å². The van der Waals surface area contributed by atoms with E-state index in [2.05, 4.69) is 15.5 Å². The lowest BCUT2D eigenvalue weighted by molar-refractivity contribution is 0.102. The molecule has 0 bridgehead atoms. The van der Waals surface area contributed by atoms with E-state index in [-0.39, 0.29) is 11.8 Å². The van der Waals surface area contributed by atoms with Crippen LogP contribution in [-0.2, 0) is 6.54 Å². The number of nitrogens with zero attached hydrogens (tertiary/aromatic N) is 4. The zero-order valence-corrected chi connectivity index (χ0v) is 17.0. The number of halogens is 4. The number of hydrogen-bond acceptors (Lipinski definition) is 3. The van der Waals surface area contributed by atoms with Gasteiger partial charge in [-0.25, -0.2) is 22.2 Å². The zero-order chi connectivity index (χ0) is 23.0. The molecule has 0 saturated heterocycles. The van der Waals surface area contributed by atoms with Crippen molar-refractivity contribution in [2.45, 2.75) is 20.4 Å². The van der Waals surface area contributed by atoms with Crippen molar-refractivity contribution in [3.05, 3.63) is 94.6 Å². The van der Waals surface area contributed by atoms with Crippen molar-refractivity contribution in [2.24, 2.45) is 0 Å². The SMILES string of the molecule is Cc1nn(-c2ccccc2)c(C)c1C(=O)Nc1cnn(Cc2c(F)cc(F)c(F)c2F)c1. The van der Waals surface area contributed by atoms with Gasteiger partial charge in [-0.1, -0.05) is 18.2 Å². The summed E-state index contributed by atoms with van der Waals surface area (Å²) in [4.78, 5) is 12.8. The van der Waals surface area contributed by atoms with Crippen molar-refractivity contribution in [3.8, 4) is 5.69 Å². The van der Waals surface area contributed by atoms with Gasteiger partial charge < -0.3 is 5.32 Å². The lowest BCUT2D eigenvalue weighted by atomic mass is 10.2. The van der Waals surface area contributed by atoms with Gasteiger partial charge in [0.1, 0.15) is 5.82 Å². The summed E-state index contributed by atoms with van der Waals surface area (Å²) in [5.74, 6) is -6.67. The van der Waals surface area contributed by atoms with Crippen LogP contribution in [0.3, 0.4) is 0 Å². The number of benzene rings is 2. The molecule has 0 aliphatic heterocycles. The van der Waals surface area contributed by atoms with E-state index in [4.69, 9.17) is 0 Å². The highest BCUT2D eigenvalue weighted by Crippen LogP contribution is 2.22. The van der Waals surface area contributed by atoms with E-state index in [0.29, 0.717) is 17.0 Å². The molecule has 0 aliphatic rings. The van der Waals surface area contributed by atoms with Crippen molar-refractivity contribution < 1.29 is 22.4 Å². The van der Waals surface area contributed by atoms with E-state index >= 15 is 0 Å². The highest BCUT2D eigenvalue weighted by molar-refractivity contribution is 6.05. The molecule has 0 saturated carbocycles. The molecule has 0 radical (unpaired) electrons. The second kappa shape index (κ2) is 8.29. The van der Waals surface area contributed by atoms with Gasteiger partial charge >= 0.3 is 0 Å². The molecule has 0 unspecified atom stereocenters. The van der Waals surface area contributed by atoms with E-state index < -0.39 is 41.3 Å². The first-order valence-electron chi connectivity index (χ1n) is 9.53. The van der Waals surface area contributed by atoms with Crippen LogP contribution in [0.5, 0.6) is 0 Å². The Balaban J connectivity index is 1.55. The molecule has 6 nitrogen and oxygen atoms in total. The van der Waals surface area contributed by atoms with E-state index in [0.717, 1.165) is 10.4 Å². The summed E-state index contributed by atoms with van der Waals surface area (Å²) in [5, 5.41) is 11.0. The standard InChI is InChI=1S/C22H17F4N5O/c1-12-19(13(2)31(29-12)15-6-4-3-5-7-15)22(32)28-14-9-27-30(10-14)11-16-17(23)8-18(24)21(26)20(16)25/h3-10H,11H2,1-2H3,(H,28,32). The average molecular weight is 443 g/mol. The number of aromatic nitrogens is 4. The third kappa shape index (κ3) is 3.86. The number of carbonyl (C=O) groups is 1. The molecule has 0 atom stereocenters. The van der Waals surface area contributed by atoms with E-state index in [1.165, 1.54) is 12.4 Å². The minimum atomic E-state index is -1.76. The maximum absolute atomic E-state index is 13.9. The molecule has 2 aromatic heterocycles. The number of hydrogen-bond donors (Lipinski definition) is 1. The first-order chi connectivity index (χ1) is 15.3. The molecular formula is C22H17F4N5O. The Morgan fingerprint density at radius 1 is 1.03 bits per heavy atom. The number of rotatable bonds is 5. The molecule has 2 aromatic carbocycles. The molecule has 4 rings (SSSR count). The first kappa shape index (κ1) is 21.3. The molecule has 0 fully saturated rings. The highest BCUT2D eigenvalue weighted by Gasteiger charge is 2.21. The second-order valence-electron chi connectivity index (χ2n) is 7.12.